The number of nitrogens with zero attached hydrogens (tertiary/aromatic N) is 3. The second-order valence-electron chi connectivity index (χ2n) is 10.1. The third kappa shape index (κ3) is 5.10. The summed E-state index contributed by atoms with van der Waals surface area (Å²) in [5.74, 6) is 2.42. The van der Waals surface area contributed by atoms with Gasteiger partial charge in [-0.25, -0.2) is 0 Å². The fourth-order valence-corrected chi connectivity index (χ4v) is 5.41. The quantitative estimate of drug-likeness (QED) is 0.295. The van der Waals surface area contributed by atoms with Crippen LogP contribution in [0.15, 0.2) is 79.4 Å². The summed E-state index contributed by atoms with van der Waals surface area (Å²) in [4.78, 5) is 18.3. The lowest BCUT2D eigenvalue weighted by molar-refractivity contribution is 0.0619. The van der Waals surface area contributed by atoms with Crippen LogP contribution in [0.2, 0.25) is 0 Å². The summed E-state index contributed by atoms with van der Waals surface area (Å²) >= 11 is 0. The van der Waals surface area contributed by atoms with E-state index in [9.17, 15) is 4.79 Å². The number of hydrogen-bond acceptors (Lipinski definition) is 5. The van der Waals surface area contributed by atoms with Crippen LogP contribution in [0.4, 0.5) is 0 Å². The maximum atomic E-state index is 14.0. The van der Waals surface area contributed by atoms with Gasteiger partial charge in [-0.1, -0.05) is 49.1 Å². The summed E-state index contributed by atoms with van der Waals surface area (Å²) in [6.07, 6.45) is 1.73. The van der Waals surface area contributed by atoms with Crippen molar-refractivity contribution in [3.63, 3.8) is 0 Å². The molecule has 0 bridgehead atoms. The van der Waals surface area contributed by atoms with Crippen LogP contribution in [0, 0.1) is 6.92 Å². The highest BCUT2D eigenvalue weighted by molar-refractivity contribution is 6.00. The number of piperazine rings is 1. The Morgan fingerprint density at radius 3 is 2.59 bits per heavy atom. The van der Waals surface area contributed by atoms with Crippen molar-refractivity contribution >= 4 is 16.8 Å². The molecule has 1 fully saturated rings. The molecule has 0 radical (unpaired) electrons. The molecule has 0 spiro atoms. The number of amides is 1. The smallest absolute Gasteiger partial charge is 0.270 e. The van der Waals surface area contributed by atoms with Gasteiger partial charge in [0, 0.05) is 44.7 Å². The minimum atomic E-state index is 0.0529. The number of carbonyl (C=O) groups excluding carboxylic acids is 1. The van der Waals surface area contributed by atoms with Gasteiger partial charge in [0.05, 0.1) is 5.52 Å². The molecule has 3 aromatic carbocycles. The molecule has 2 aliphatic heterocycles. The molecule has 39 heavy (non-hydrogen) atoms. The van der Waals surface area contributed by atoms with Gasteiger partial charge in [-0.3, -0.25) is 9.69 Å². The lowest BCUT2D eigenvalue weighted by Gasteiger charge is -2.35. The van der Waals surface area contributed by atoms with Crippen molar-refractivity contribution < 1.29 is 19.0 Å². The molecular weight excluding hydrogens is 490 g/mol. The van der Waals surface area contributed by atoms with E-state index in [-0.39, 0.29) is 12.7 Å². The van der Waals surface area contributed by atoms with Gasteiger partial charge >= 0.3 is 0 Å². The summed E-state index contributed by atoms with van der Waals surface area (Å²) in [7, 11) is 0. The minimum absolute atomic E-state index is 0.0529. The lowest BCUT2D eigenvalue weighted by Crippen LogP contribution is -2.48. The average Bonchev–Trinajstić information content (AvgIpc) is 3.58. The Kier molecular flexibility index (Phi) is 6.99. The van der Waals surface area contributed by atoms with Gasteiger partial charge in [-0.05, 0) is 53.9 Å². The van der Waals surface area contributed by atoms with Crippen molar-refractivity contribution in [1.82, 2.24) is 14.4 Å². The Morgan fingerprint density at radius 2 is 1.77 bits per heavy atom. The van der Waals surface area contributed by atoms with E-state index in [1.165, 1.54) is 16.7 Å². The Balaban J connectivity index is 1.23. The number of carbonyl (C=O) groups is 1. The third-order valence-corrected chi connectivity index (χ3v) is 7.57. The van der Waals surface area contributed by atoms with E-state index in [1.807, 2.05) is 41.3 Å². The van der Waals surface area contributed by atoms with Gasteiger partial charge in [-0.15, -0.1) is 0 Å². The van der Waals surface area contributed by atoms with E-state index < -0.39 is 0 Å². The molecule has 7 nitrogen and oxygen atoms in total. The Morgan fingerprint density at radius 1 is 0.949 bits per heavy atom. The predicted octanol–water partition coefficient (Wildman–Crippen LogP) is 5.25. The van der Waals surface area contributed by atoms with Crippen molar-refractivity contribution in [3.8, 4) is 17.2 Å². The fraction of sp³-hybridized carbons (Fsp3) is 0.281. The first-order chi connectivity index (χ1) is 19.1. The highest BCUT2D eigenvalue weighted by Crippen LogP contribution is 2.33. The molecule has 0 N–H and O–H groups in total. The zero-order chi connectivity index (χ0) is 26.8. The van der Waals surface area contributed by atoms with Crippen LogP contribution in [0.5, 0.6) is 17.2 Å². The molecular formula is C32H33N3O4. The van der Waals surface area contributed by atoms with E-state index in [0.29, 0.717) is 31.9 Å². The van der Waals surface area contributed by atoms with Crippen LogP contribution in [-0.4, -0.2) is 59.9 Å². The minimum Gasteiger partial charge on any atom is -0.489 e. The van der Waals surface area contributed by atoms with Gasteiger partial charge in [-0.2, -0.15) is 0 Å². The van der Waals surface area contributed by atoms with Crippen LogP contribution < -0.4 is 14.2 Å². The molecule has 3 heterocycles. The van der Waals surface area contributed by atoms with Crippen molar-refractivity contribution in [3.05, 3.63) is 102 Å². The molecule has 6 rings (SSSR count). The summed E-state index contributed by atoms with van der Waals surface area (Å²) in [6, 6.07) is 22.4. The van der Waals surface area contributed by atoms with Crippen molar-refractivity contribution in [2.45, 2.75) is 20.0 Å². The monoisotopic (exact) mass is 523 g/mol. The van der Waals surface area contributed by atoms with E-state index in [1.54, 1.807) is 6.08 Å². The predicted molar refractivity (Wildman–Crippen MR) is 152 cm³/mol. The van der Waals surface area contributed by atoms with Crippen LogP contribution in [0.25, 0.3) is 10.9 Å². The maximum Gasteiger partial charge on any atom is 0.270 e. The number of rotatable bonds is 8. The first-order valence-electron chi connectivity index (χ1n) is 13.4. The molecule has 4 aromatic rings. The molecule has 0 aliphatic carbocycles. The highest BCUT2D eigenvalue weighted by Gasteiger charge is 2.27. The number of benzene rings is 3. The summed E-state index contributed by atoms with van der Waals surface area (Å²) < 4.78 is 19.1. The summed E-state index contributed by atoms with van der Waals surface area (Å²) in [5, 5.41) is 0.942. The second-order valence-corrected chi connectivity index (χ2v) is 10.1. The van der Waals surface area contributed by atoms with E-state index >= 15 is 0 Å². The maximum absolute atomic E-state index is 14.0. The molecule has 1 saturated heterocycles. The van der Waals surface area contributed by atoms with E-state index in [4.69, 9.17) is 14.2 Å². The van der Waals surface area contributed by atoms with Crippen LogP contribution >= 0.6 is 0 Å². The van der Waals surface area contributed by atoms with Gasteiger partial charge in [0.25, 0.3) is 5.91 Å². The molecule has 7 heteroatoms. The number of aryl methyl sites for hydroxylation is 1. The normalized spacial score (nSPS) is 15.1. The lowest BCUT2D eigenvalue weighted by atomic mass is 10.1. The standard InChI is InChI=1S/C32H33N3O4/c1-3-17-37-29-10-6-9-27-26(29)19-28(35(27)21-25-8-5-4-7-23(25)2)32(36)34-15-13-33(14-16-34)20-24-11-12-30-31(18-24)39-22-38-30/h3-12,18-19H,1,13-17,20-22H2,2H3. The average molecular weight is 524 g/mol. The highest BCUT2D eigenvalue weighted by atomic mass is 16.7. The fourth-order valence-electron chi connectivity index (χ4n) is 5.41. The first-order valence-corrected chi connectivity index (χ1v) is 13.4. The summed E-state index contributed by atoms with van der Waals surface area (Å²) in [5.41, 5.74) is 5.25. The molecule has 0 unspecified atom stereocenters. The Bertz CT molecular complexity index is 1520. The van der Waals surface area contributed by atoms with Gasteiger partial charge < -0.3 is 23.7 Å². The van der Waals surface area contributed by atoms with Gasteiger partial charge in [0.2, 0.25) is 6.79 Å². The SMILES string of the molecule is C=CCOc1cccc2c1cc(C(=O)N1CCN(Cc3ccc4c(c3)OCO4)CC1)n2Cc1ccccc1C. The topological polar surface area (TPSA) is 56.2 Å². The Hall–Kier alpha value is -4.23. The van der Waals surface area contributed by atoms with Crippen LogP contribution in [0.3, 0.4) is 0 Å². The van der Waals surface area contributed by atoms with Gasteiger partial charge in [0.15, 0.2) is 11.5 Å². The second kappa shape index (κ2) is 10.9. The molecule has 200 valence electrons. The van der Waals surface area contributed by atoms with Crippen molar-refractivity contribution in [2.24, 2.45) is 0 Å². The number of hydrogen-bond donors (Lipinski definition) is 0. The third-order valence-electron chi connectivity index (χ3n) is 7.57. The van der Waals surface area contributed by atoms with Gasteiger partial charge in [0.1, 0.15) is 18.1 Å². The molecule has 0 saturated carbocycles. The van der Waals surface area contributed by atoms with E-state index in [2.05, 4.69) is 53.3 Å². The number of aromatic nitrogens is 1. The number of fused-ring (bicyclic) bond motifs is 2. The van der Waals surface area contributed by atoms with E-state index in [0.717, 1.165) is 47.8 Å². The Labute approximate surface area is 228 Å². The van der Waals surface area contributed by atoms with Crippen LogP contribution in [-0.2, 0) is 13.1 Å². The molecule has 1 aromatic heterocycles. The first kappa shape index (κ1) is 25.1. The number of ether oxygens (including phenoxy) is 3. The molecule has 0 atom stereocenters. The van der Waals surface area contributed by atoms with Crippen molar-refractivity contribution in [1.29, 1.82) is 0 Å². The molecule has 2 aliphatic rings. The van der Waals surface area contributed by atoms with Crippen LogP contribution in [0.1, 0.15) is 27.2 Å². The zero-order valence-electron chi connectivity index (χ0n) is 22.3. The summed E-state index contributed by atoms with van der Waals surface area (Å²) in [6.45, 7) is 11.0. The van der Waals surface area contributed by atoms with Crippen molar-refractivity contribution in [2.75, 3.05) is 39.6 Å². The largest absolute Gasteiger partial charge is 0.489 e. The zero-order valence-corrected chi connectivity index (χ0v) is 22.3. The molecule has 1 amide bonds.